The molecule has 0 unspecified atom stereocenters. The van der Waals surface area contributed by atoms with Gasteiger partial charge < -0.3 is 10.3 Å². The Hall–Kier alpha value is -2.88. The van der Waals surface area contributed by atoms with Gasteiger partial charge in [-0.15, -0.1) is 0 Å². The molecule has 0 bridgehead atoms. The van der Waals surface area contributed by atoms with Crippen LogP contribution in [0.1, 0.15) is 5.56 Å². The average Bonchev–Trinajstić information content (AvgIpc) is 2.93. The monoisotopic (exact) mass is 274 g/mol. The minimum atomic E-state index is 0.743. The van der Waals surface area contributed by atoms with Crippen LogP contribution in [-0.4, -0.2) is 15.0 Å². The van der Waals surface area contributed by atoms with Crippen molar-refractivity contribution in [1.29, 1.82) is 0 Å². The summed E-state index contributed by atoms with van der Waals surface area (Å²) in [6.45, 7) is 0.743. The maximum atomic E-state index is 4.40. The van der Waals surface area contributed by atoms with E-state index in [0.717, 1.165) is 34.3 Å². The standard InChI is InChI=1S/C17H14N4/c1-2-6-12(7-3-1)10-18-16-15-13-8-4-5-9-14(13)21-17(15)20-11-19-16/h1-9,11H,10H2,(H2,18,19,20,21). The molecule has 0 saturated carbocycles. The molecule has 0 fully saturated rings. The van der Waals surface area contributed by atoms with Crippen molar-refractivity contribution in [1.82, 2.24) is 15.0 Å². The molecule has 0 atom stereocenters. The highest BCUT2D eigenvalue weighted by Crippen LogP contribution is 2.28. The lowest BCUT2D eigenvalue weighted by Gasteiger charge is -2.06. The molecule has 2 aromatic carbocycles. The molecular weight excluding hydrogens is 260 g/mol. The maximum absolute atomic E-state index is 4.40. The number of hydrogen-bond donors (Lipinski definition) is 2. The first-order valence-corrected chi connectivity index (χ1v) is 6.91. The Morgan fingerprint density at radius 1 is 0.905 bits per heavy atom. The van der Waals surface area contributed by atoms with E-state index in [4.69, 9.17) is 0 Å². The van der Waals surface area contributed by atoms with Gasteiger partial charge in [0.15, 0.2) is 0 Å². The molecule has 21 heavy (non-hydrogen) atoms. The molecule has 2 N–H and O–H groups in total. The van der Waals surface area contributed by atoms with Gasteiger partial charge >= 0.3 is 0 Å². The summed E-state index contributed by atoms with van der Waals surface area (Å²) in [6.07, 6.45) is 1.59. The van der Waals surface area contributed by atoms with Crippen LogP contribution in [0, 0.1) is 0 Å². The molecule has 4 heteroatoms. The van der Waals surface area contributed by atoms with E-state index >= 15 is 0 Å². The highest BCUT2D eigenvalue weighted by atomic mass is 15.0. The van der Waals surface area contributed by atoms with Gasteiger partial charge in [-0.05, 0) is 11.6 Å². The summed E-state index contributed by atoms with van der Waals surface area (Å²) in [5.74, 6) is 0.862. The largest absolute Gasteiger partial charge is 0.365 e. The Morgan fingerprint density at radius 2 is 1.71 bits per heavy atom. The van der Waals surface area contributed by atoms with E-state index in [0.29, 0.717) is 0 Å². The smallest absolute Gasteiger partial charge is 0.143 e. The van der Waals surface area contributed by atoms with Crippen molar-refractivity contribution >= 4 is 27.8 Å². The molecule has 4 nitrogen and oxygen atoms in total. The number of aromatic nitrogens is 3. The summed E-state index contributed by atoms with van der Waals surface area (Å²) in [4.78, 5) is 12.1. The zero-order valence-electron chi connectivity index (χ0n) is 11.4. The van der Waals surface area contributed by atoms with Crippen molar-refractivity contribution in [2.24, 2.45) is 0 Å². The minimum absolute atomic E-state index is 0.743. The number of nitrogens with zero attached hydrogens (tertiary/aromatic N) is 2. The number of anilines is 1. The zero-order chi connectivity index (χ0) is 14.1. The Bertz CT molecular complexity index is 896. The summed E-state index contributed by atoms with van der Waals surface area (Å²) >= 11 is 0. The molecule has 2 aromatic heterocycles. The molecule has 0 amide bonds. The Labute approximate surface area is 121 Å². The number of fused-ring (bicyclic) bond motifs is 3. The number of rotatable bonds is 3. The predicted molar refractivity (Wildman–Crippen MR) is 85.2 cm³/mol. The first-order chi connectivity index (χ1) is 10.4. The van der Waals surface area contributed by atoms with E-state index in [2.05, 4.69) is 44.5 Å². The minimum Gasteiger partial charge on any atom is -0.365 e. The molecular formula is C17H14N4. The van der Waals surface area contributed by atoms with Gasteiger partial charge in [0, 0.05) is 17.4 Å². The number of para-hydroxylation sites is 1. The molecule has 102 valence electrons. The van der Waals surface area contributed by atoms with Crippen LogP contribution in [0.15, 0.2) is 60.9 Å². The first-order valence-electron chi connectivity index (χ1n) is 6.91. The summed E-state index contributed by atoms with van der Waals surface area (Å²) in [5, 5.41) is 5.60. The lowest BCUT2D eigenvalue weighted by atomic mass is 10.2. The van der Waals surface area contributed by atoms with Crippen molar-refractivity contribution in [3.8, 4) is 0 Å². The number of aromatic amines is 1. The quantitative estimate of drug-likeness (QED) is 0.598. The number of benzene rings is 2. The lowest BCUT2D eigenvalue weighted by molar-refractivity contribution is 1.10. The van der Waals surface area contributed by atoms with E-state index in [-0.39, 0.29) is 0 Å². The van der Waals surface area contributed by atoms with Gasteiger partial charge in [0.05, 0.1) is 5.39 Å². The third kappa shape index (κ3) is 2.10. The lowest BCUT2D eigenvalue weighted by Crippen LogP contribution is -2.01. The SMILES string of the molecule is c1ccc(CNc2ncnc3[nH]c4ccccc4c23)cc1. The van der Waals surface area contributed by atoms with Crippen molar-refractivity contribution in [3.05, 3.63) is 66.5 Å². The molecule has 2 heterocycles. The van der Waals surface area contributed by atoms with Gasteiger partial charge in [0.1, 0.15) is 17.8 Å². The fourth-order valence-electron chi connectivity index (χ4n) is 2.59. The predicted octanol–water partition coefficient (Wildman–Crippen LogP) is 3.72. The summed E-state index contributed by atoms with van der Waals surface area (Å²) in [5.41, 5.74) is 3.17. The van der Waals surface area contributed by atoms with Crippen molar-refractivity contribution in [2.45, 2.75) is 6.54 Å². The fourth-order valence-corrected chi connectivity index (χ4v) is 2.59. The summed E-state index contributed by atoms with van der Waals surface area (Å²) < 4.78 is 0. The van der Waals surface area contributed by atoms with E-state index in [9.17, 15) is 0 Å². The van der Waals surface area contributed by atoms with Gasteiger partial charge in [0.25, 0.3) is 0 Å². The van der Waals surface area contributed by atoms with Crippen LogP contribution in [-0.2, 0) is 6.54 Å². The fraction of sp³-hybridized carbons (Fsp3) is 0.0588. The molecule has 0 aliphatic heterocycles. The van der Waals surface area contributed by atoms with E-state index in [1.54, 1.807) is 6.33 Å². The molecule has 0 spiro atoms. The highest BCUT2D eigenvalue weighted by molar-refractivity contribution is 6.10. The van der Waals surface area contributed by atoms with Gasteiger partial charge in [-0.1, -0.05) is 48.5 Å². The number of hydrogen-bond acceptors (Lipinski definition) is 3. The summed E-state index contributed by atoms with van der Waals surface area (Å²) in [6, 6.07) is 18.5. The number of H-pyrrole nitrogens is 1. The third-order valence-corrected chi connectivity index (χ3v) is 3.60. The van der Waals surface area contributed by atoms with E-state index in [1.807, 2.05) is 30.3 Å². The van der Waals surface area contributed by atoms with Crippen LogP contribution in [0.2, 0.25) is 0 Å². The van der Waals surface area contributed by atoms with Crippen LogP contribution < -0.4 is 5.32 Å². The second kappa shape index (κ2) is 4.90. The van der Waals surface area contributed by atoms with Crippen LogP contribution >= 0.6 is 0 Å². The van der Waals surface area contributed by atoms with Crippen LogP contribution in [0.5, 0.6) is 0 Å². The van der Waals surface area contributed by atoms with Crippen LogP contribution in [0.25, 0.3) is 21.9 Å². The van der Waals surface area contributed by atoms with Crippen molar-refractivity contribution < 1.29 is 0 Å². The van der Waals surface area contributed by atoms with E-state index < -0.39 is 0 Å². The molecule has 4 rings (SSSR count). The van der Waals surface area contributed by atoms with Gasteiger partial charge in [-0.25, -0.2) is 9.97 Å². The molecule has 0 aliphatic rings. The van der Waals surface area contributed by atoms with E-state index in [1.165, 1.54) is 5.56 Å². The van der Waals surface area contributed by atoms with Gasteiger partial charge in [0.2, 0.25) is 0 Å². The maximum Gasteiger partial charge on any atom is 0.143 e. The first kappa shape index (κ1) is 11.9. The molecule has 4 aromatic rings. The molecule has 0 aliphatic carbocycles. The Morgan fingerprint density at radius 3 is 2.62 bits per heavy atom. The molecule has 0 radical (unpaired) electrons. The Balaban J connectivity index is 1.78. The summed E-state index contributed by atoms with van der Waals surface area (Å²) in [7, 11) is 0. The zero-order valence-corrected chi connectivity index (χ0v) is 11.4. The van der Waals surface area contributed by atoms with Crippen LogP contribution in [0.4, 0.5) is 5.82 Å². The normalized spacial score (nSPS) is 11.0. The molecule has 0 saturated heterocycles. The second-order valence-corrected chi connectivity index (χ2v) is 4.96. The second-order valence-electron chi connectivity index (χ2n) is 4.96. The number of nitrogens with one attached hydrogen (secondary N) is 2. The third-order valence-electron chi connectivity index (χ3n) is 3.60. The van der Waals surface area contributed by atoms with Crippen molar-refractivity contribution in [2.75, 3.05) is 5.32 Å². The van der Waals surface area contributed by atoms with Gasteiger partial charge in [-0.2, -0.15) is 0 Å². The highest BCUT2D eigenvalue weighted by Gasteiger charge is 2.10. The van der Waals surface area contributed by atoms with Crippen molar-refractivity contribution in [3.63, 3.8) is 0 Å². The Kier molecular flexibility index (Phi) is 2.78. The van der Waals surface area contributed by atoms with Gasteiger partial charge in [-0.3, -0.25) is 0 Å². The topological polar surface area (TPSA) is 53.6 Å². The van der Waals surface area contributed by atoms with Crippen LogP contribution in [0.3, 0.4) is 0 Å². The average molecular weight is 274 g/mol.